The number of aryl methyl sites for hydroxylation is 1. The minimum Gasteiger partial charge on any atom is -0.493 e. The molecular formula is C30H26N2O3S. The molecular weight excluding hydrogens is 468 g/mol. The van der Waals surface area contributed by atoms with Crippen LogP contribution in [0.2, 0.25) is 0 Å². The summed E-state index contributed by atoms with van der Waals surface area (Å²) in [7, 11) is 1.62. The molecule has 2 heterocycles. The second kappa shape index (κ2) is 9.28. The van der Waals surface area contributed by atoms with Gasteiger partial charge in [0.25, 0.3) is 5.56 Å². The number of thiazole rings is 1. The summed E-state index contributed by atoms with van der Waals surface area (Å²) >= 11 is 1.44. The van der Waals surface area contributed by atoms with Crippen molar-refractivity contribution in [3.8, 4) is 11.5 Å². The van der Waals surface area contributed by atoms with E-state index in [1.807, 2.05) is 54.0 Å². The Kier molecular flexibility index (Phi) is 5.82. The van der Waals surface area contributed by atoms with Gasteiger partial charge in [-0.3, -0.25) is 9.36 Å². The van der Waals surface area contributed by atoms with Crippen LogP contribution >= 0.6 is 11.3 Å². The van der Waals surface area contributed by atoms with Crippen LogP contribution < -0.4 is 24.4 Å². The summed E-state index contributed by atoms with van der Waals surface area (Å²) in [5.41, 5.74) is 6.68. The van der Waals surface area contributed by atoms with E-state index in [1.54, 1.807) is 7.11 Å². The Morgan fingerprint density at radius 3 is 2.64 bits per heavy atom. The lowest BCUT2D eigenvalue weighted by Crippen LogP contribution is -2.38. The van der Waals surface area contributed by atoms with E-state index in [0.717, 1.165) is 34.5 Å². The summed E-state index contributed by atoms with van der Waals surface area (Å²) in [6.45, 7) is 2.50. The van der Waals surface area contributed by atoms with Gasteiger partial charge in [0.2, 0.25) is 0 Å². The molecule has 180 valence electrons. The number of hydrogen-bond donors (Lipinski definition) is 0. The molecule has 6 rings (SSSR count). The molecule has 1 atom stereocenters. The zero-order chi connectivity index (χ0) is 24.6. The number of nitrogens with zero attached hydrogens (tertiary/aromatic N) is 2. The first-order valence-electron chi connectivity index (χ1n) is 12.2. The average molecular weight is 495 g/mol. The fourth-order valence-electron chi connectivity index (χ4n) is 5.16. The van der Waals surface area contributed by atoms with Crippen molar-refractivity contribution in [3.05, 3.63) is 120 Å². The highest BCUT2D eigenvalue weighted by molar-refractivity contribution is 7.07. The van der Waals surface area contributed by atoms with Gasteiger partial charge in [0.1, 0.15) is 0 Å². The van der Waals surface area contributed by atoms with E-state index in [-0.39, 0.29) is 11.6 Å². The molecule has 36 heavy (non-hydrogen) atoms. The van der Waals surface area contributed by atoms with Crippen LogP contribution in [-0.4, -0.2) is 18.3 Å². The van der Waals surface area contributed by atoms with E-state index in [2.05, 4.69) is 36.4 Å². The highest BCUT2D eigenvalue weighted by atomic mass is 32.1. The maximum Gasteiger partial charge on any atom is 0.271 e. The van der Waals surface area contributed by atoms with Crippen LogP contribution in [0.25, 0.3) is 11.8 Å². The average Bonchev–Trinajstić information content (AvgIpc) is 3.23. The molecule has 2 aliphatic rings. The Morgan fingerprint density at radius 1 is 1.03 bits per heavy atom. The van der Waals surface area contributed by atoms with Crippen LogP contribution in [0.1, 0.15) is 41.6 Å². The van der Waals surface area contributed by atoms with Crippen molar-refractivity contribution in [1.29, 1.82) is 0 Å². The molecule has 4 aromatic rings. The highest BCUT2D eigenvalue weighted by Crippen LogP contribution is 2.41. The van der Waals surface area contributed by atoms with Gasteiger partial charge in [-0.05, 0) is 60.2 Å². The van der Waals surface area contributed by atoms with Crippen molar-refractivity contribution in [2.75, 3.05) is 13.7 Å². The molecule has 0 unspecified atom stereocenters. The van der Waals surface area contributed by atoms with E-state index in [4.69, 9.17) is 14.5 Å². The first-order chi connectivity index (χ1) is 17.7. The predicted octanol–water partition coefficient (Wildman–Crippen LogP) is 4.73. The summed E-state index contributed by atoms with van der Waals surface area (Å²) < 4.78 is 13.7. The summed E-state index contributed by atoms with van der Waals surface area (Å²) in [6, 6.07) is 24.3. The normalized spacial score (nSPS) is 16.6. The van der Waals surface area contributed by atoms with Gasteiger partial charge in [0.05, 0.1) is 30.0 Å². The molecule has 0 amide bonds. The van der Waals surface area contributed by atoms with E-state index in [9.17, 15) is 4.79 Å². The van der Waals surface area contributed by atoms with Crippen molar-refractivity contribution in [2.24, 2.45) is 4.99 Å². The third-order valence-electron chi connectivity index (χ3n) is 6.77. The SMILES string of the molecule is CCOc1ccc(/C=c2\sc3n(c2=O)[C@@H](c2ccccc2)C2=C(N=3)c3ccccc3CC2)cc1OC. The molecule has 3 aromatic carbocycles. The van der Waals surface area contributed by atoms with Crippen molar-refractivity contribution in [1.82, 2.24) is 4.57 Å². The number of allylic oxidation sites excluding steroid dienone is 1. The molecule has 1 aromatic heterocycles. The minimum atomic E-state index is -0.164. The van der Waals surface area contributed by atoms with E-state index < -0.39 is 0 Å². The van der Waals surface area contributed by atoms with Crippen LogP contribution in [0.5, 0.6) is 11.5 Å². The van der Waals surface area contributed by atoms with Gasteiger partial charge in [-0.25, -0.2) is 4.99 Å². The van der Waals surface area contributed by atoms with Crippen LogP contribution in [-0.2, 0) is 6.42 Å². The Bertz CT molecular complexity index is 1660. The third kappa shape index (κ3) is 3.78. The van der Waals surface area contributed by atoms with Crippen molar-refractivity contribution >= 4 is 23.1 Å². The van der Waals surface area contributed by atoms with Crippen LogP contribution in [0.15, 0.2) is 88.2 Å². The second-order valence-electron chi connectivity index (χ2n) is 8.87. The Hall–Kier alpha value is -3.90. The number of aromatic nitrogens is 1. The fraction of sp³-hybridized carbons (Fsp3) is 0.200. The summed E-state index contributed by atoms with van der Waals surface area (Å²) in [5, 5.41) is 0. The van der Waals surface area contributed by atoms with Gasteiger partial charge in [-0.2, -0.15) is 0 Å². The van der Waals surface area contributed by atoms with Gasteiger partial charge in [-0.15, -0.1) is 0 Å². The first-order valence-corrected chi connectivity index (χ1v) is 13.0. The molecule has 6 heteroatoms. The smallest absolute Gasteiger partial charge is 0.271 e. The van der Waals surface area contributed by atoms with Gasteiger partial charge >= 0.3 is 0 Å². The van der Waals surface area contributed by atoms with Gasteiger partial charge in [0, 0.05) is 5.56 Å². The maximum atomic E-state index is 13.8. The zero-order valence-corrected chi connectivity index (χ0v) is 21.0. The number of benzene rings is 3. The molecule has 0 fully saturated rings. The molecule has 0 saturated heterocycles. The monoisotopic (exact) mass is 494 g/mol. The lowest BCUT2D eigenvalue weighted by molar-refractivity contribution is 0.311. The van der Waals surface area contributed by atoms with Gasteiger partial charge in [-0.1, -0.05) is 72.0 Å². The van der Waals surface area contributed by atoms with E-state index >= 15 is 0 Å². The molecule has 0 saturated carbocycles. The maximum absolute atomic E-state index is 13.8. The largest absolute Gasteiger partial charge is 0.493 e. The Morgan fingerprint density at radius 2 is 1.83 bits per heavy atom. The van der Waals surface area contributed by atoms with E-state index in [1.165, 1.54) is 28.0 Å². The van der Waals surface area contributed by atoms with Gasteiger partial charge in [0.15, 0.2) is 16.3 Å². The second-order valence-corrected chi connectivity index (χ2v) is 9.88. The minimum absolute atomic E-state index is 0.0223. The molecule has 0 radical (unpaired) electrons. The molecule has 1 aliphatic heterocycles. The summed E-state index contributed by atoms with van der Waals surface area (Å²) in [4.78, 5) is 19.7. The molecule has 1 aliphatic carbocycles. The third-order valence-corrected chi connectivity index (χ3v) is 7.76. The number of rotatable bonds is 5. The number of ether oxygens (including phenoxy) is 2. The number of fused-ring (bicyclic) bond motifs is 3. The lowest BCUT2D eigenvalue weighted by Gasteiger charge is -2.30. The summed E-state index contributed by atoms with van der Waals surface area (Å²) in [6.07, 6.45) is 3.75. The standard InChI is InChI=1S/C30H26N2O3S/c1-3-35-24-16-13-19(17-25(24)34-2)18-26-29(33)32-28(21-10-5-4-6-11-21)23-15-14-20-9-7-8-12-22(20)27(23)31-30(32)36-26/h4-13,16-18,28H,3,14-15H2,1-2H3/b26-18-/t28-/m0/s1. The van der Waals surface area contributed by atoms with Crippen molar-refractivity contribution in [2.45, 2.75) is 25.8 Å². The van der Waals surface area contributed by atoms with Crippen LogP contribution in [0.3, 0.4) is 0 Å². The lowest BCUT2D eigenvalue weighted by atomic mass is 9.83. The molecule has 5 nitrogen and oxygen atoms in total. The van der Waals surface area contributed by atoms with Crippen LogP contribution in [0, 0.1) is 0 Å². The molecule has 0 bridgehead atoms. The molecule has 0 N–H and O–H groups in total. The Balaban J connectivity index is 1.56. The fourth-order valence-corrected chi connectivity index (χ4v) is 6.16. The number of methoxy groups -OCH3 is 1. The topological polar surface area (TPSA) is 52.8 Å². The first kappa shape index (κ1) is 22.6. The molecule has 0 spiro atoms. The quantitative estimate of drug-likeness (QED) is 0.403. The predicted molar refractivity (Wildman–Crippen MR) is 143 cm³/mol. The van der Waals surface area contributed by atoms with E-state index in [0.29, 0.717) is 22.6 Å². The van der Waals surface area contributed by atoms with Crippen molar-refractivity contribution in [3.63, 3.8) is 0 Å². The van der Waals surface area contributed by atoms with Crippen LogP contribution in [0.4, 0.5) is 0 Å². The van der Waals surface area contributed by atoms with Gasteiger partial charge < -0.3 is 9.47 Å². The zero-order valence-electron chi connectivity index (χ0n) is 20.2. The highest BCUT2D eigenvalue weighted by Gasteiger charge is 2.32. The number of hydrogen-bond acceptors (Lipinski definition) is 5. The van der Waals surface area contributed by atoms with Crippen molar-refractivity contribution < 1.29 is 9.47 Å². The Labute approximate surface area is 213 Å². The summed E-state index contributed by atoms with van der Waals surface area (Å²) in [5.74, 6) is 1.33.